The number of nitrogens with one attached hydrogen (secondary N) is 1. The van der Waals surface area contributed by atoms with E-state index in [-0.39, 0.29) is 11.8 Å². The predicted molar refractivity (Wildman–Crippen MR) is 80.1 cm³/mol. The molecule has 0 aliphatic carbocycles. The highest BCUT2D eigenvalue weighted by Gasteiger charge is 2.19. The SMILES string of the molecule is COc1cccc(CNC(=O)CN2CCC(C=O)CC2)c1. The fourth-order valence-corrected chi connectivity index (χ4v) is 2.49. The van der Waals surface area contributed by atoms with Crippen molar-refractivity contribution in [2.45, 2.75) is 19.4 Å². The molecule has 1 N–H and O–H groups in total. The van der Waals surface area contributed by atoms with E-state index in [9.17, 15) is 9.59 Å². The lowest BCUT2D eigenvalue weighted by molar-refractivity contribution is -0.122. The molecule has 1 aromatic rings. The second-order valence-electron chi connectivity index (χ2n) is 5.38. The molecule has 1 amide bonds. The average molecular weight is 290 g/mol. The zero-order chi connectivity index (χ0) is 15.1. The van der Waals surface area contributed by atoms with Crippen LogP contribution in [0.4, 0.5) is 0 Å². The van der Waals surface area contributed by atoms with Gasteiger partial charge in [0.05, 0.1) is 13.7 Å². The second kappa shape index (κ2) is 7.78. The standard InChI is InChI=1S/C16H22N2O3/c1-21-15-4-2-3-14(9-15)10-17-16(20)11-18-7-5-13(12-19)6-8-18/h2-4,9,12-13H,5-8,10-11H2,1H3,(H,17,20). The summed E-state index contributed by atoms with van der Waals surface area (Å²) in [5, 5.41) is 2.92. The average Bonchev–Trinajstić information content (AvgIpc) is 2.54. The molecule has 0 aromatic heterocycles. The van der Waals surface area contributed by atoms with E-state index in [1.165, 1.54) is 0 Å². The van der Waals surface area contributed by atoms with Crippen LogP contribution in [-0.2, 0) is 16.1 Å². The van der Waals surface area contributed by atoms with Crippen molar-refractivity contribution in [1.82, 2.24) is 10.2 Å². The molecule has 1 aromatic carbocycles. The van der Waals surface area contributed by atoms with Crippen LogP contribution in [0.15, 0.2) is 24.3 Å². The number of methoxy groups -OCH3 is 1. The van der Waals surface area contributed by atoms with E-state index >= 15 is 0 Å². The molecule has 2 rings (SSSR count). The Hall–Kier alpha value is -1.88. The molecule has 0 spiro atoms. The lowest BCUT2D eigenvalue weighted by Crippen LogP contribution is -2.41. The van der Waals surface area contributed by atoms with Crippen molar-refractivity contribution < 1.29 is 14.3 Å². The van der Waals surface area contributed by atoms with Crippen LogP contribution >= 0.6 is 0 Å². The fourth-order valence-electron chi connectivity index (χ4n) is 2.49. The van der Waals surface area contributed by atoms with E-state index in [1.54, 1.807) is 7.11 Å². The maximum absolute atomic E-state index is 11.9. The molecule has 5 nitrogen and oxygen atoms in total. The minimum atomic E-state index is 0.0161. The van der Waals surface area contributed by atoms with Gasteiger partial charge in [0, 0.05) is 12.5 Å². The van der Waals surface area contributed by atoms with Crippen LogP contribution in [0.1, 0.15) is 18.4 Å². The Bertz CT molecular complexity index is 482. The predicted octanol–water partition coefficient (Wildman–Crippen LogP) is 1.22. The number of nitrogens with zero attached hydrogens (tertiary/aromatic N) is 1. The highest BCUT2D eigenvalue weighted by atomic mass is 16.5. The first-order valence-corrected chi connectivity index (χ1v) is 7.28. The molecule has 0 bridgehead atoms. The van der Waals surface area contributed by atoms with Gasteiger partial charge in [-0.2, -0.15) is 0 Å². The Balaban J connectivity index is 1.73. The molecule has 0 radical (unpaired) electrons. The van der Waals surface area contributed by atoms with Gasteiger partial charge in [-0.25, -0.2) is 0 Å². The highest BCUT2D eigenvalue weighted by molar-refractivity contribution is 5.78. The van der Waals surface area contributed by atoms with E-state index in [0.717, 1.165) is 43.5 Å². The first-order valence-electron chi connectivity index (χ1n) is 7.28. The van der Waals surface area contributed by atoms with Crippen molar-refractivity contribution >= 4 is 12.2 Å². The third-order valence-electron chi connectivity index (χ3n) is 3.82. The van der Waals surface area contributed by atoms with E-state index in [2.05, 4.69) is 10.2 Å². The van der Waals surface area contributed by atoms with Crippen molar-refractivity contribution in [2.24, 2.45) is 5.92 Å². The Morgan fingerprint density at radius 3 is 2.86 bits per heavy atom. The molecule has 5 heteroatoms. The summed E-state index contributed by atoms with van der Waals surface area (Å²) in [5.41, 5.74) is 1.02. The molecule has 114 valence electrons. The maximum atomic E-state index is 11.9. The Morgan fingerprint density at radius 1 is 1.43 bits per heavy atom. The van der Waals surface area contributed by atoms with Gasteiger partial charge in [-0.15, -0.1) is 0 Å². The number of aldehydes is 1. The van der Waals surface area contributed by atoms with Crippen LogP contribution in [0.2, 0.25) is 0 Å². The summed E-state index contributed by atoms with van der Waals surface area (Å²) < 4.78 is 5.15. The number of carbonyl (C=O) groups excluding carboxylic acids is 2. The number of ether oxygens (including phenoxy) is 1. The summed E-state index contributed by atoms with van der Waals surface area (Å²) in [6.45, 7) is 2.53. The monoisotopic (exact) mass is 290 g/mol. The number of piperidine rings is 1. The molecule has 0 saturated carbocycles. The minimum absolute atomic E-state index is 0.0161. The van der Waals surface area contributed by atoms with Gasteiger partial charge in [0.1, 0.15) is 12.0 Å². The van der Waals surface area contributed by atoms with Gasteiger partial charge in [-0.05, 0) is 43.6 Å². The fraction of sp³-hybridized carbons (Fsp3) is 0.500. The van der Waals surface area contributed by atoms with Crippen LogP contribution in [0.3, 0.4) is 0 Å². The van der Waals surface area contributed by atoms with Crippen LogP contribution in [0.25, 0.3) is 0 Å². The smallest absolute Gasteiger partial charge is 0.234 e. The molecule has 1 aliphatic rings. The van der Waals surface area contributed by atoms with Gasteiger partial charge in [-0.1, -0.05) is 12.1 Å². The van der Waals surface area contributed by atoms with Crippen molar-refractivity contribution in [3.8, 4) is 5.75 Å². The normalized spacial score (nSPS) is 16.4. The molecule has 0 unspecified atom stereocenters. The summed E-state index contributed by atoms with van der Waals surface area (Å²) in [6.07, 6.45) is 2.74. The minimum Gasteiger partial charge on any atom is -0.497 e. The van der Waals surface area contributed by atoms with E-state index in [0.29, 0.717) is 13.1 Å². The molecule has 0 atom stereocenters. The quantitative estimate of drug-likeness (QED) is 0.800. The third-order valence-corrected chi connectivity index (χ3v) is 3.82. The number of hydrogen-bond acceptors (Lipinski definition) is 4. The lowest BCUT2D eigenvalue weighted by atomic mass is 9.99. The molecular formula is C16H22N2O3. The number of carbonyl (C=O) groups is 2. The van der Waals surface area contributed by atoms with E-state index < -0.39 is 0 Å². The van der Waals surface area contributed by atoms with Crippen LogP contribution in [-0.4, -0.2) is 43.8 Å². The Kier molecular flexibility index (Phi) is 5.75. The van der Waals surface area contributed by atoms with Crippen molar-refractivity contribution in [1.29, 1.82) is 0 Å². The number of rotatable bonds is 6. The third kappa shape index (κ3) is 4.86. The zero-order valence-corrected chi connectivity index (χ0v) is 12.4. The Morgan fingerprint density at radius 2 is 2.19 bits per heavy atom. The Labute approximate surface area is 125 Å². The van der Waals surface area contributed by atoms with E-state index in [1.807, 2.05) is 24.3 Å². The van der Waals surface area contributed by atoms with Crippen molar-refractivity contribution in [3.63, 3.8) is 0 Å². The van der Waals surface area contributed by atoms with E-state index in [4.69, 9.17) is 4.74 Å². The van der Waals surface area contributed by atoms with Gasteiger partial charge < -0.3 is 14.8 Å². The highest BCUT2D eigenvalue weighted by Crippen LogP contribution is 2.14. The summed E-state index contributed by atoms with van der Waals surface area (Å²) in [6, 6.07) is 7.65. The summed E-state index contributed by atoms with van der Waals surface area (Å²) in [4.78, 5) is 24.7. The molecule has 1 fully saturated rings. The largest absolute Gasteiger partial charge is 0.497 e. The van der Waals surface area contributed by atoms with Crippen molar-refractivity contribution in [2.75, 3.05) is 26.7 Å². The molecule has 1 aliphatic heterocycles. The molecule has 21 heavy (non-hydrogen) atoms. The van der Waals surface area contributed by atoms with Gasteiger partial charge in [0.25, 0.3) is 0 Å². The van der Waals surface area contributed by atoms with Gasteiger partial charge in [0.15, 0.2) is 0 Å². The topological polar surface area (TPSA) is 58.6 Å². The molecular weight excluding hydrogens is 268 g/mol. The molecule has 1 saturated heterocycles. The number of amides is 1. The van der Waals surface area contributed by atoms with Crippen LogP contribution < -0.4 is 10.1 Å². The number of hydrogen-bond donors (Lipinski definition) is 1. The van der Waals surface area contributed by atoms with Crippen molar-refractivity contribution in [3.05, 3.63) is 29.8 Å². The number of likely N-dealkylation sites (tertiary alicyclic amines) is 1. The van der Waals surface area contributed by atoms with Crippen LogP contribution in [0.5, 0.6) is 5.75 Å². The van der Waals surface area contributed by atoms with Gasteiger partial charge in [0.2, 0.25) is 5.91 Å². The first kappa shape index (κ1) is 15.5. The van der Waals surface area contributed by atoms with Gasteiger partial charge in [-0.3, -0.25) is 9.69 Å². The summed E-state index contributed by atoms with van der Waals surface area (Å²) in [7, 11) is 1.63. The summed E-state index contributed by atoms with van der Waals surface area (Å²) in [5.74, 6) is 0.973. The van der Waals surface area contributed by atoms with Crippen LogP contribution in [0, 0.1) is 5.92 Å². The molecule has 1 heterocycles. The summed E-state index contributed by atoms with van der Waals surface area (Å²) >= 11 is 0. The zero-order valence-electron chi connectivity index (χ0n) is 12.4. The lowest BCUT2D eigenvalue weighted by Gasteiger charge is -2.28. The maximum Gasteiger partial charge on any atom is 0.234 e. The second-order valence-corrected chi connectivity index (χ2v) is 5.38. The van der Waals surface area contributed by atoms with Gasteiger partial charge >= 0.3 is 0 Å². The number of benzene rings is 1. The first-order chi connectivity index (χ1) is 10.2.